The molecule has 192 valence electrons. The second-order valence-corrected chi connectivity index (χ2v) is 8.54. The van der Waals surface area contributed by atoms with Gasteiger partial charge in [0.1, 0.15) is 17.4 Å². The van der Waals surface area contributed by atoms with Crippen LogP contribution in [0.5, 0.6) is 11.5 Å². The van der Waals surface area contributed by atoms with Gasteiger partial charge in [-0.1, -0.05) is 30.3 Å². The van der Waals surface area contributed by atoms with Gasteiger partial charge in [0.25, 0.3) is 5.91 Å². The summed E-state index contributed by atoms with van der Waals surface area (Å²) in [5, 5.41) is 2.77. The van der Waals surface area contributed by atoms with Crippen LogP contribution in [0.25, 0.3) is 0 Å². The number of ether oxygens (including phenoxy) is 2. The van der Waals surface area contributed by atoms with Crippen LogP contribution >= 0.6 is 0 Å². The summed E-state index contributed by atoms with van der Waals surface area (Å²) in [7, 11) is 3.16. The Hall–Kier alpha value is -4.17. The maximum absolute atomic E-state index is 13.8. The summed E-state index contributed by atoms with van der Waals surface area (Å²) in [6, 6.07) is 21.4. The van der Waals surface area contributed by atoms with Crippen molar-refractivity contribution in [3.63, 3.8) is 0 Å². The Morgan fingerprint density at radius 3 is 2.19 bits per heavy atom. The summed E-state index contributed by atoms with van der Waals surface area (Å²) in [4.78, 5) is 14.7. The van der Waals surface area contributed by atoms with Gasteiger partial charge < -0.3 is 19.2 Å². The predicted molar refractivity (Wildman–Crippen MR) is 135 cm³/mol. The van der Waals surface area contributed by atoms with E-state index in [0.717, 1.165) is 16.7 Å². The van der Waals surface area contributed by atoms with Crippen molar-refractivity contribution in [3.8, 4) is 11.5 Å². The van der Waals surface area contributed by atoms with Crippen LogP contribution in [0.1, 0.15) is 33.0 Å². The van der Waals surface area contributed by atoms with Crippen LogP contribution < -0.4 is 14.8 Å². The molecule has 1 aromatic heterocycles. The lowest BCUT2D eigenvalue weighted by Crippen LogP contribution is -2.23. The molecule has 0 atom stereocenters. The molecule has 37 heavy (non-hydrogen) atoms. The Morgan fingerprint density at radius 2 is 1.49 bits per heavy atom. The van der Waals surface area contributed by atoms with E-state index < -0.39 is 0 Å². The van der Waals surface area contributed by atoms with Crippen molar-refractivity contribution in [2.45, 2.75) is 26.2 Å². The van der Waals surface area contributed by atoms with Gasteiger partial charge in [0.2, 0.25) is 0 Å². The maximum Gasteiger partial charge on any atom is 0.287 e. The molecule has 0 aliphatic heterocycles. The highest BCUT2D eigenvalue weighted by atomic mass is 19.1. The molecule has 0 aliphatic rings. The highest BCUT2D eigenvalue weighted by Gasteiger charge is 2.16. The second kappa shape index (κ2) is 12.2. The van der Waals surface area contributed by atoms with Crippen LogP contribution in [-0.2, 0) is 26.2 Å². The van der Waals surface area contributed by atoms with Crippen LogP contribution in [-0.4, -0.2) is 25.0 Å². The van der Waals surface area contributed by atoms with Gasteiger partial charge in [0, 0.05) is 19.6 Å². The molecule has 0 unspecified atom stereocenters. The summed E-state index contributed by atoms with van der Waals surface area (Å²) in [5.74, 6) is 1.00. The summed E-state index contributed by atoms with van der Waals surface area (Å²) in [6.07, 6.45) is 0. The van der Waals surface area contributed by atoms with Crippen molar-refractivity contribution in [1.29, 1.82) is 0 Å². The molecule has 6 nitrogen and oxygen atoms in total. The van der Waals surface area contributed by atoms with Gasteiger partial charge in [0.05, 0.1) is 20.8 Å². The van der Waals surface area contributed by atoms with E-state index in [1.165, 1.54) is 24.3 Å². The molecule has 1 N–H and O–H groups in total. The van der Waals surface area contributed by atoms with Gasteiger partial charge in [-0.2, -0.15) is 0 Å². The molecule has 0 aliphatic carbocycles. The molecular weight excluding hydrogens is 478 g/mol. The van der Waals surface area contributed by atoms with Gasteiger partial charge in [-0.15, -0.1) is 0 Å². The molecule has 3 aromatic carbocycles. The number of nitrogens with zero attached hydrogens (tertiary/aromatic N) is 1. The Bertz CT molecular complexity index is 1340. The standard InChI is InChI=1S/C29H28F2N2O4/c1-35-26-12-8-22(15-28(26)36-2)18-33(17-21-4-3-5-24(31)14-21)19-25-11-13-27(37-25)29(34)32-16-20-6-9-23(30)10-7-20/h3-15H,16-19H2,1-2H3,(H,32,34). The first-order chi connectivity index (χ1) is 17.9. The fourth-order valence-electron chi connectivity index (χ4n) is 3.98. The van der Waals surface area contributed by atoms with Crippen LogP contribution in [0.4, 0.5) is 8.78 Å². The number of furan rings is 1. The number of nitrogens with one attached hydrogen (secondary N) is 1. The summed E-state index contributed by atoms with van der Waals surface area (Å²) < 4.78 is 43.5. The number of carbonyl (C=O) groups is 1. The van der Waals surface area contributed by atoms with Crippen LogP contribution in [0.3, 0.4) is 0 Å². The van der Waals surface area contributed by atoms with Crippen molar-refractivity contribution < 1.29 is 27.5 Å². The zero-order valence-corrected chi connectivity index (χ0v) is 20.7. The van der Waals surface area contributed by atoms with Gasteiger partial charge >= 0.3 is 0 Å². The van der Waals surface area contributed by atoms with E-state index in [0.29, 0.717) is 36.9 Å². The van der Waals surface area contributed by atoms with E-state index in [4.69, 9.17) is 13.9 Å². The number of hydrogen-bond donors (Lipinski definition) is 1. The van der Waals surface area contributed by atoms with E-state index in [2.05, 4.69) is 10.2 Å². The number of amides is 1. The zero-order chi connectivity index (χ0) is 26.2. The molecule has 0 fully saturated rings. The third-order valence-corrected chi connectivity index (χ3v) is 5.78. The number of methoxy groups -OCH3 is 2. The first kappa shape index (κ1) is 25.9. The Balaban J connectivity index is 1.47. The average Bonchev–Trinajstić information content (AvgIpc) is 3.36. The molecule has 0 spiro atoms. The molecule has 0 radical (unpaired) electrons. The van der Waals surface area contributed by atoms with E-state index in [1.807, 2.05) is 24.3 Å². The number of halogens is 2. The second-order valence-electron chi connectivity index (χ2n) is 8.54. The van der Waals surface area contributed by atoms with Gasteiger partial charge in [0.15, 0.2) is 17.3 Å². The van der Waals surface area contributed by atoms with E-state index in [-0.39, 0.29) is 29.8 Å². The predicted octanol–water partition coefficient (Wildman–Crippen LogP) is 5.71. The Labute approximate surface area is 214 Å². The fourth-order valence-corrected chi connectivity index (χ4v) is 3.98. The maximum atomic E-state index is 13.8. The molecule has 0 saturated carbocycles. The summed E-state index contributed by atoms with van der Waals surface area (Å²) in [6.45, 7) is 1.61. The van der Waals surface area contributed by atoms with E-state index in [9.17, 15) is 13.6 Å². The quantitative estimate of drug-likeness (QED) is 0.282. The number of carbonyl (C=O) groups excluding carboxylic acids is 1. The minimum Gasteiger partial charge on any atom is -0.493 e. The molecule has 1 heterocycles. The minimum absolute atomic E-state index is 0.175. The zero-order valence-electron chi connectivity index (χ0n) is 20.7. The van der Waals surface area contributed by atoms with Crippen molar-refractivity contribution in [2.24, 2.45) is 0 Å². The highest BCUT2D eigenvalue weighted by Crippen LogP contribution is 2.28. The Morgan fingerprint density at radius 1 is 0.784 bits per heavy atom. The third-order valence-electron chi connectivity index (χ3n) is 5.78. The molecule has 8 heteroatoms. The van der Waals surface area contributed by atoms with Gasteiger partial charge in [-0.05, 0) is 65.2 Å². The van der Waals surface area contributed by atoms with E-state index >= 15 is 0 Å². The van der Waals surface area contributed by atoms with Crippen molar-refractivity contribution in [2.75, 3.05) is 14.2 Å². The van der Waals surface area contributed by atoms with Crippen molar-refractivity contribution in [1.82, 2.24) is 10.2 Å². The van der Waals surface area contributed by atoms with Crippen molar-refractivity contribution >= 4 is 5.91 Å². The largest absolute Gasteiger partial charge is 0.493 e. The highest BCUT2D eigenvalue weighted by molar-refractivity contribution is 5.91. The number of rotatable bonds is 11. The van der Waals surface area contributed by atoms with Gasteiger partial charge in [-0.3, -0.25) is 9.69 Å². The lowest BCUT2D eigenvalue weighted by atomic mass is 10.1. The molecular formula is C29H28F2N2O4. The lowest BCUT2D eigenvalue weighted by molar-refractivity contribution is 0.0918. The molecule has 1 amide bonds. The minimum atomic E-state index is -0.368. The molecule has 0 bridgehead atoms. The first-order valence-electron chi connectivity index (χ1n) is 11.7. The summed E-state index contributed by atoms with van der Waals surface area (Å²) >= 11 is 0. The molecule has 4 aromatic rings. The number of hydrogen-bond acceptors (Lipinski definition) is 5. The van der Waals surface area contributed by atoms with Crippen LogP contribution in [0.2, 0.25) is 0 Å². The molecule has 0 saturated heterocycles. The lowest BCUT2D eigenvalue weighted by Gasteiger charge is -2.22. The normalized spacial score (nSPS) is 10.9. The number of benzene rings is 3. The first-order valence-corrected chi connectivity index (χ1v) is 11.7. The average molecular weight is 507 g/mol. The Kier molecular flexibility index (Phi) is 8.53. The van der Waals surface area contributed by atoms with E-state index in [1.54, 1.807) is 44.6 Å². The fraction of sp³-hybridized carbons (Fsp3) is 0.207. The molecule has 4 rings (SSSR count). The third kappa shape index (κ3) is 7.17. The topological polar surface area (TPSA) is 63.9 Å². The smallest absolute Gasteiger partial charge is 0.287 e. The van der Waals surface area contributed by atoms with Crippen LogP contribution in [0, 0.1) is 11.6 Å². The monoisotopic (exact) mass is 506 g/mol. The van der Waals surface area contributed by atoms with Crippen molar-refractivity contribution in [3.05, 3.63) is 119 Å². The van der Waals surface area contributed by atoms with Crippen LogP contribution in [0.15, 0.2) is 83.3 Å². The SMILES string of the molecule is COc1ccc(CN(Cc2cccc(F)c2)Cc2ccc(C(=O)NCc3ccc(F)cc3)o2)cc1OC. The van der Waals surface area contributed by atoms with Gasteiger partial charge in [-0.25, -0.2) is 8.78 Å². The summed E-state index contributed by atoms with van der Waals surface area (Å²) in [5.41, 5.74) is 2.56.